The molecule has 0 radical (unpaired) electrons. The maximum atomic E-state index is 11.6. The van der Waals surface area contributed by atoms with E-state index >= 15 is 0 Å². The van der Waals surface area contributed by atoms with Crippen molar-refractivity contribution in [1.82, 2.24) is 4.90 Å². The molecule has 1 rings (SSSR count). The Morgan fingerprint density at radius 1 is 1.30 bits per heavy atom. The number of ether oxygens (including phenoxy) is 2. The predicted octanol–water partition coefficient (Wildman–Crippen LogP) is 2.61. The predicted molar refractivity (Wildman–Crippen MR) is 81.6 cm³/mol. The second-order valence-corrected chi connectivity index (χ2v) is 6.00. The zero-order valence-corrected chi connectivity index (χ0v) is 14.5. The van der Waals surface area contributed by atoms with Crippen LogP contribution < -0.4 is 4.74 Å². The van der Waals surface area contributed by atoms with Crippen molar-refractivity contribution < 1.29 is 19.1 Å². The number of amides is 1. The zero-order chi connectivity index (χ0) is 15.3. The van der Waals surface area contributed by atoms with Gasteiger partial charge in [-0.1, -0.05) is 15.9 Å². The van der Waals surface area contributed by atoms with Gasteiger partial charge in [0.2, 0.25) is 0 Å². The monoisotopic (exact) mass is 407 g/mol. The van der Waals surface area contributed by atoms with Crippen molar-refractivity contribution in [3.05, 3.63) is 27.1 Å². The number of carbonyl (C=O) groups excluding carboxylic acids is 2. The van der Waals surface area contributed by atoms with Gasteiger partial charge in [0.1, 0.15) is 5.75 Å². The van der Waals surface area contributed by atoms with Crippen molar-refractivity contribution in [3.8, 4) is 5.75 Å². The molecular formula is C13H15Br2NO4. The fourth-order valence-corrected chi connectivity index (χ4v) is 2.54. The summed E-state index contributed by atoms with van der Waals surface area (Å²) in [7, 11) is 3.20. The average molecular weight is 409 g/mol. The Balaban J connectivity index is 2.49. The number of likely N-dealkylation sites (N-methyl/N-ethyl adjacent to an activating group) is 1. The Morgan fingerprint density at radius 3 is 2.50 bits per heavy atom. The first-order chi connectivity index (χ1) is 9.31. The maximum Gasteiger partial charge on any atom is 0.344 e. The number of nitrogens with zero attached hydrogens (tertiary/aromatic N) is 1. The van der Waals surface area contributed by atoms with Gasteiger partial charge < -0.3 is 14.4 Å². The average Bonchev–Trinajstić information content (AvgIpc) is 2.36. The molecule has 0 fully saturated rings. The number of hydrogen-bond donors (Lipinski definition) is 0. The van der Waals surface area contributed by atoms with E-state index in [1.54, 1.807) is 32.3 Å². The summed E-state index contributed by atoms with van der Waals surface area (Å²) in [4.78, 5) is 24.5. The molecule has 1 aromatic carbocycles. The molecule has 0 bridgehead atoms. The van der Waals surface area contributed by atoms with Crippen LogP contribution in [0.3, 0.4) is 0 Å². The molecule has 0 N–H and O–H groups in total. The molecule has 0 heterocycles. The molecule has 1 aromatic rings. The lowest BCUT2D eigenvalue weighted by Gasteiger charge is -2.17. The van der Waals surface area contributed by atoms with Crippen molar-refractivity contribution in [2.45, 2.75) is 13.0 Å². The first-order valence-corrected chi connectivity index (χ1v) is 7.38. The second-order valence-electron chi connectivity index (χ2n) is 4.23. The van der Waals surface area contributed by atoms with Crippen LogP contribution in [0.4, 0.5) is 0 Å². The second kappa shape index (κ2) is 7.64. The van der Waals surface area contributed by atoms with Gasteiger partial charge in [0.05, 0.1) is 4.47 Å². The minimum absolute atomic E-state index is 0.259. The molecule has 7 heteroatoms. The minimum atomic E-state index is -0.825. The summed E-state index contributed by atoms with van der Waals surface area (Å²) in [5, 5.41) is 0. The van der Waals surface area contributed by atoms with Crippen LogP contribution in [0.25, 0.3) is 0 Å². The number of hydrogen-bond acceptors (Lipinski definition) is 4. The molecule has 0 aliphatic rings. The standard InChI is InChI=1S/C13H15Br2NO4/c1-8(13(18)16(2)3)20-12(17)7-19-11-5-4-9(14)6-10(11)15/h4-6,8H,7H2,1-3H3/t8-/m0/s1. The van der Waals surface area contributed by atoms with E-state index in [1.807, 2.05) is 0 Å². The smallest absolute Gasteiger partial charge is 0.344 e. The Kier molecular flexibility index (Phi) is 6.48. The molecule has 0 saturated carbocycles. The van der Waals surface area contributed by atoms with Gasteiger partial charge in [-0.05, 0) is 41.1 Å². The molecule has 1 atom stereocenters. The molecular weight excluding hydrogens is 394 g/mol. The van der Waals surface area contributed by atoms with Crippen LogP contribution in [0.1, 0.15) is 6.92 Å². The van der Waals surface area contributed by atoms with Crippen LogP contribution in [-0.4, -0.2) is 43.6 Å². The molecule has 20 heavy (non-hydrogen) atoms. The first kappa shape index (κ1) is 17.0. The molecule has 0 spiro atoms. The highest BCUT2D eigenvalue weighted by Crippen LogP contribution is 2.28. The van der Waals surface area contributed by atoms with E-state index in [0.717, 1.165) is 8.95 Å². The topological polar surface area (TPSA) is 55.8 Å². The fourth-order valence-electron chi connectivity index (χ4n) is 1.37. The maximum absolute atomic E-state index is 11.6. The van der Waals surface area contributed by atoms with Crippen molar-refractivity contribution in [2.75, 3.05) is 20.7 Å². The third-order valence-corrected chi connectivity index (χ3v) is 3.45. The summed E-state index contributed by atoms with van der Waals surface area (Å²) in [6, 6.07) is 5.32. The first-order valence-electron chi connectivity index (χ1n) is 5.79. The number of esters is 1. The highest BCUT2D eigenvalue weighted by molar-refractivity contribution is 9.11. The van der Waals surface area contributed by atoms with Crippen LogP contribution in [0.2, 0.25) is 0 Å². The molecule has 110 valence electrons. The third-order valence-electron chi connectivity index (χ3n) is 2.34. The van der Waals surface area contributed by atoms with Gasteiger partial charge in [-0.25, -0.2) is 4.79 Å². The fraction of sp³-hybridized carbons (Fsp3) is 0.385. The molecule has 0 aromatic heterocycles. The van der Waals surface area contributed by atoms with Gasteiger partial charge in [-0.2, -0.15) is 0 Å². The Hall–Kier alpha value is -1.08. The van der Waals surface area contributed by atoms with Gasteiger partial charge in [0, 0.05) is 18.6 Å². The van der Waals surface area contributed by atoms with E-state index in [1.165, 1.54) is 11.8 Å². The van der Waals surface area contributed by atoms with E-state index in [0.29, 0.717) is 5.75 Å². The van der Waals surface area contributed by atoms with E-state index in [2.05, 4.69) is 31.9 Å². The number of halogens is 2. The quantitative estimate of drug-likeness (QED) is 0.702. The highest BCUT2D eigenvalue weighted by Gasteiger charge is 2.19. The molecule has 0 aliphatic heterocycles. The normalized spacial score (nSPS) is 11.7. The molecule has 0 aliphatic carbocycles. The number of carbonyl (C=O) groups is 2. The zero-order valence-electron chi connectivity index (χ0n) is 11.4. The van der Waals surface area contributed by atoms with Gasteiger partial charge >= 0.3 is 5.97 Å². The van der Waals surface area contributed by atoms with Crippen molar-refractivity contribution in [1.29, 1.82) is 0 Å². The lowest BCUT2D eigenvalue weighted by Crippen LogP contribution is -2.35. The lowest BCUT2D eigenvalue weighted by atomic mass is 10.3. The van der Waals surface area contributed by atoms with Crippen LogP contribution in [0.15, 0.2) is 27.1 Å². The van der Waals surface area contributed by atoms with Crippen LogP contribution >= 0.6 is 31.9 Å². The molecule has 0 unspecified atom stereocenters. The van der Waals surface area contributed by atoms with E-state index in [4.69, 9.17) is 9.47 Å². The van der Waals surface area contributed by atoms with Crippen LogP contribution in [-0.2, 0) is 14.3 Å². The summed E-state index contributed by atoms with van der Waals surface area (Å²) in [6.45, 7) is 1.26. The summed E-state index contributed by atoms with van der Waals surface area (Å²) >= 11 is 6.64. The summed E-state index contributed by atoms with van der Waals surface area (Å²) < 4.78 is 11.9. The van der Waals surface area contributed by atoms with E-state index in [-0.39, 0.29) is 12.5 Å². The SMILES string of the molecule is C[C@H](OC(=O)COc1ccc(Br)cc1Br)C(=O)N(C)C. The molecule has 1 amide bonds. The Labute approximate surface area is 134 Å². The number of rotatable bonds is 5. The molecule has 5 nitrogen and oxygen atoms in total. The van der Waals surface area contributed by atoms with E-state index < -0.39 is 12.1 Å². The lowest BCUT2D eigenvalue weighted by molar-refractivity contribution is -0.159. The Bertz CT molecular complexity index is 505. The highest BCUT2D eigenvalue weighted by atomic mass is 79.9. The van der Waals surface area contributed by atoms with Crippen LogP contribution in [0, 0.1) is 0 Å². The van der Waals surface area contributed by atoms with Crippen LogP contribution in [0.5, 0.6) is 5.75 Å². The van der Waals surface area contributed by atoms with Gasteiger partial charge in [0.15, 0.2) is 12.7 Å². The third kappa shape index (κ3) is 5.13. The van der Waals surface area contributed by atoms with Crippen molar-refractivity contribution in [2.24, 2.45) is 0 Å². The summed E-state index contributed by atoms with van der Waals surface area (Å²) in [6.07, 6.45) is -0.825. The summed E-state index contributed by atoms with van der Waals surface area (Å²) in [5.41, 5.74) is 0. The van der Waals surface area contributed by atoms with Crippen molar-refractivity contribution >= 4 is 43.7 Å². The molecule has 0 saturated heterocycles. The largest absolute Gasteiger partial charge is 0.481 e. The van der Waals surface area contributed by atoms with Crippen molar-refractivity contribution in [3.63, 3.8) is 0 Å². The van der Waals surface area contributed by atoms with Gasteiger partial charge in [-0.15, -0.1) is 0 Å². The Morgan fingerprint density at radius 2 is 1.95 bits per heavy atom. The van der Waals surface area contributed by atoms with Gasteiger partial charge in [0.25, 0.3) is 5.91 Å². The minimum Gasteiger partial charge on any atom is -0.481 e. The van der Waals surface area contributed by atoms with E-state index in [9.17, 15) is 9.59 Å². The van der Waals surface area contributed by atoms with Gasteiger partial charge in [-0.3, -0.25) is 4.79 Å². The summed E-state index contributed by atoms with van der Waals surface area (Å²) in [5.74, 6) is -0.345. The number of benzene rings is 1.